The molecule has 3 saturated heterocycles. The maximum atomic E-state index is 12.7. The lowest BCUT2D eigenvalue weighted by atomic mass is 9.69. The minimum atomic E-state index is 0.0913. The molecule has 0 unspecified atom stereocenters. The molecule has 6 nitrogen and oxygen atoms in total. The summed E-state index contributed by atoms with van der Waals surface area (Å²) in [4.78, 5) is 29.1. The van der Waals surface area contributed by atoms with Crippen LogP contribution in [0.3, 0.4) is 0 Å². The molecule has 2 N–H and O–H groups in total. The van der Waals surface area contributed by atoms with Crippen LogP contribution in [0.2, 0.25) is 0 Å². The van der Waals surface area contributed by atoms with Crippen LogP contribution in [0.25, 0.3) is 0 Å². The van der Waals surface area contributed by atoms with Crippen LogP contribution < -0.4 is 10.6 Å². The summed E-state index contributed by atoms with van der Waals surface area (Å²) in [6.07, 6.45) is 7.32. The third-order valence-corrected chi connectivity index (χ3v) is 6.44. The highest BCUT2D eigenvalue weighted by atomic mass is 16.2. The fraction of sp³-hybridized carbons (Fsp3) is 0.895. The molecule has 0 spiro atoms. The lowest BCUT2D eigenvalue weighted by Crippen LogP contribution is -2.66. The van der Waals surface area contributed by atoms with Crippen LogP contribution >= 0.6 is 0 Å². The van der Waals surface area contributed by atoms with Crippen molar-refractivity contribution in [2.75, 3.05) is 33.2 Å². The van der Waals surface area contributed by atoms with E-state index in [4.69, 9.17) is 0 Å². The van der Waals surface area contributed by atoms with Gasteiger partial charge in [-0.1, -0.05) is 0 Å². The number of carbonyl (C=O) groups excluding carboxylic acids is 2. The number of nitrogens with zero attached hydrogens (tertiary/aromatic N) is 2. The number of hydrogen-bond acceptors (Lipinski definition) is 3. The number of nitrogens with one attached hydrogen (secondary N) is 2. The molecule has 0 aromatic carbocycles. The monoisotopic (exact) mass is 350 g/mol. The van der Waals surface area contributed by atoms with E-state index in [9.17, 15) is 9.59 Å². The fourth-order valence-corrected chi connectivity index (χ4v) is 5.45. The van der Waals surface area contributed by atoms with Crippen molar-refractivity contribution in [1.82, 2.24) is 20.4 Å². The molecule has 3 heterocycles. The summed E-state index contributed by atoms with van der Waals surface area (Å²) in [5, 5.41) is 5.72. The molecule has 4 atom stereocenters. The molecule has 3 aliphatic rings. The van der Waals surface area contributed by atoms with E-state index in [1.807, 2.05) is 6.92 Å². The molecule has 3 aliphatic heterocycles. The zero-order valence-corrected chi connectivity index (χ0v) is 15.8. The first-order chi connectivity index (χ1) is 12.2. The van der Waals surface area contributed by atoms with Gasteiger partial charge >= 0.3 is 6.03 Å². The van der Waals surface area contributed by atoms with Gasteiger partial charge in [0.1, 0.15) is 0 Å². The van der Waals surface area contributed by atoms with Crippen LogP contribution in [0.1, 0.15) is 51.9 Å². The second kappa shape index (κ2) is 8.39. The van der Waals surface area contributed by atoms with E-state index in [0.717, 1.165) is 19.4 Å². The van der Waals surface area contributed by atoms with Crippen LogP contribution in [0, 0.1) is 11.8 Å². The number of carbonyl (C=O) groups is 2. The molecule has 0 aromatic rings. The molecule has 0 bridgehead atoms. The standard InChI is InChI=1S/C19H34N4O2/c1-3-21-19(25)23-13-14-7-5-11-22-12-6-8-15(18(14)22)16(23)9-4-10-17(24)20-2/h14-16,18H,3-13H2,1-2H3,(H,20,24)(H,21,25)/t14-,15+,16+,18-/m0/s1. The number of hydrogen-bond donors (Lipinski definition) is 2. The molecule has 142 valence electrons. The quantitative estimate of drug-likeness (QED) is 0.795. The second-order valence-corrected chi connectivity index (χ2v) is 7.86. The van der Waals surface area contributed by atoms with Crippen molar-refractivity contribution in [2.45, 2.75) is 64.0 Å². The molecule has 0 aromatic heterocycles. The Morgan fingerprint density at radius 3 is 2.64 bits per heavy atom. The minimum absolute atomic E-state index is 0.0913. The zero-order chi connectivity index (χ0) is 17.8. The number of amides is 3. The van der Waals surface area contributed by atoms with Gasteiger partial charge in [-0.25, -0.2) is 4.79 Å². The third-order valence-electron chi connectivity index (χ3n) is 6.44. The lowest BCUT2D eigenvalue weighted by molar-refractivity contribution is -0.120. The van der Waals surface area contributed by atoms with Crippen molar-refractivity contribution >= 4 is 11.9 Å². The van der Waals surface area contributed by atoms with E-state index in [0.29, 0.717) is 30.8 Å². The molecular weight excluding hydrogens is 316 g/mol. The predicted molar refractivity (Wildman–Crippen MR) is 98.3 cm³/mol. The summed E-state index contributed by atoms with van der Waals surface area (Å²) in [6, 6.07) is 1.02. The zero-order valence-electron chi connectivity index (χ0n) is 15.8. The number of rotatable bonds is 5. The highest BCUT2D eigenvalue weighted by Gasteiger charge is 2.49. The van der Waals surface area contributed by atoms with Gasteiger partial charge in [0.05, 0.1) is 0 Å². The Balaban J connectivity index is 1.75. The van der Waals surface area contributed by atoms with E-state index in [1.54, 1.807) is 7.05 Å². The Hall–Kier alpha value is -1.30. The minimum Gasteiger partial charge on any atom is -0.359 e. The predicted octanol–water partition coefficient (Wildman–Crippen LogP) is 1.81. The van der Waals surface area contributed by atoms with E-state index in [2.05, 4.69) is 20.4 Å². The topological polar surface area (TPSA) is 64.7 Å². The molecule has 6 heteroatoms. The van der Waals surface area contributed by atoms with E-state index in [-0.39, 0.29) is 18.0 Å². The van der Waals surface area contributed by atoms with Gasteiger partial charge < -0.3 is 15.5 Å². The van der Waals surface area contributed by atoms with Crippen LogP contribution in [-0.2, 0) is 4.79 Å². The summed E-state index contributed by atoms with van der Waals surface area (Å²) < 4.78 is 0. The van der Waals surface area contributed by atoms with Gasteiger partial charge in [-0.2, -0.15) is 0 Å². The van der Waals surface area contributed by atoms with Gasteiger partial charge in [0, 0.05) is 38.6 Å². The normalized spacial score (nSPS) is 32.0. The first-order valence-corrected chi connectivity index (χ1v) is 10.1. The van der Waals surface area contributed by atoms with Crippen LogP contribution in [0.15, 0.2) is 0 Å². The largest absolute Gasteiger partial charge is 0.359 e. The fourth-order valence-electron chi connectivity index (χ4n) is 5.45. The SMILES string of the molecule is CCNC(=O)N1C[C@@H]2CCCN3CCC[C@@H]([C@H]23)[C@H]1CCCC(=O)NC. The summed E-state index contributed by atoms with van der Waals surface area (Å²) in [5.74, 6) is 1.29. The highest BCUT2D eigenvalue weighted by Crippen LogP contribution is 2.43. The molecule has 3 rings (SSSR count). The second-order valence-electron chi connectivity index (χ2n) is 7.86. The number of likely N-dealkylation sites (tertiary alicyclic amines) is 1. The van der Waals surface area contributed by atoms with Crippen molar-refractivity contribution in [3.05, 3.63) is 0 Å². The van der Waals surface area contributed by atoms with Crippen molar-refractivity contribution in [2.24, 2.45) is 11.8 Å². The molecule has 3 amide bonds. The molecule has 0 saturated carbocycles. The Morgan fingerprint density at radius 2 is 1.92 bits per heavy atom. The van der Waals surface area contributed by atoms with Crippen molar-refractivity contribution < 1.29 is 9.59 Å². The lowest BCUT2D eigenvalue weighted by Gasteiger charge is -2.57. The summed E-state index contributed by atoms with van der Waals surface area (Å²) >= 11 is 0. The van der Waals surface area contributed by atoms with E-state index >= 15 is 0 Å². The Kier molecular flexibility index (Phi) is 6.20. The summed E-state index contributed by atoms with van der Waals surface area (Å²) in [7, 11) is 1.69. The molecule has 25 heavy (non-hydrogen) atoms. The first kappa shape index (κ1) is 18.5. The Labute approximate surface area is 151 Å². The Morgan fingerprint density at radius 1 is 1.16 bits per heavy atom. The van der Waals surface area contributed by atoms with Gasteiger partial charge in [-0.05, 0) is 70.4 Å². The van der Waals surface area contributed by atoms with Gasteiger partial charge in [-0.3, -0.25) is 9.69 Å². The van der Waals surface area contributed by atoms with Crippen LogP contribution in [0.5, 0.6) is 0 Å². The van der Waals surface area contributed by atoms with Crippen molar-refractivity contribution in [1.29, 1.82) is 0 Å². The third kappa shape index (κ3) is 3.94. The van der Waals surface area contributed by atoms with Gasteiger partial charge in [0.2, 0.25) is 5.91 Å². The van der Waals surface area contributed by atoms with Crippen molar-refractivity contribution in [3.8, 4) is 0 Å². The van der Waals surface area contributed by atoms with E-state index in [1.165, 1.54) is 38.8 Å². The molecule has 0 radical (unpaired) electrons. The molecule has 3 fully saturated rings. The van der Waals surface area contributed by atoms with Gasteiger partial charge in [0.15, 0.2) is 0 Å². The average molecular weight is 351 g/mol. The van der Waals surface area contributed by atoms with Crippen LogP contribution in [0.4, 0.5) is 4.79 Å². The maximum Gasteiger partial charge on any atom is 0.317 e. The summed E-state index contributed by atoms with van der Waals surface area (Å²) in [5.41, 5.74) is 0. The summed E-state index contributed by atoms with van der Waals surface area (Å²) in [6.45, 7) is 5.99. The molecule has 0 aliphatic carbocycles. The maximum absolute atomic E-state index is 12.7. The van der Waals surface area contributed by atoms with Crippen LogP contribution in [-0.4, -0.2) is 67.0 Å². The van der Waals surface area contributed by atoms with Gasteiger partial charge in [-0.15, -0.1) is 0 Å². The smallest absolute Gasteiger partial charge is 0.317 e. The number of urea groups is 1. The molecular formula is C19H34N4O2. The van der Waals surface area contributed by atoms with Gasteiger partial charge in [0.25, 0.3) is 0 Å². The first-order valence-electron chi connectivity index (χ1n) is 10.1. The highest BCUT2D eigenvalue weighted by molar-refractivity contribution is 5.75. The van der Waals surface area contributed by atoms with Crippen molar-refractivity contribution in [3.63, 3.8) is 0 Å². The average Bonchev–Trinajstić information content (AvgIpc) is 2.63. The Bertz CT molecular complexity index is 482. The van der Waals surface area contributed by atoms with E-state index < -0.39 is 0 Å². The number of piperidine rings is 3.